The number of nitrogens with one attached hydrogen (secondary N) is 2. The van der Waals surface area contributed by atoms with Crippen LogP contribution in [0.4, 0.5) is 22.7 Å². The number of hydrogen-bond donors (Lipinski definition) is 3. The molecule has 4 rings (SSSR count). The molecule has 0 amide bonds. The molecule has 1 unspecified atom stereocenters. The van der Waals surface area contributed by atoms with Gasteiger partial charge in [0.05, 0.1) is 21.4 Å². The molecule has 28 heavy (non-hydrogen) atoms. The van der Waals surface area contributed by atoms with E-state index in [0.717, 1.165) is 0 Å². The van der Waals surface area contributed by atoms with Gasteiger partial charge in [0, 0.05) is 5.56 Å². The second-order valence-electron chi connectivity index (χ2n) is 6.05. The van der Waals surface area contributed by atoms with E-state index < -0.39 is 22.0 Å². The highest BCUT2D eigenvalue weighted by Crippen LogP contribution is 2.40. The molecule has 1 aliphatic rings. The summed E-state index contributed by atoms with van der Waals surface area (Å²) in [7, 11) is 0. The first-order valence-corrected chi connectivity index (χ1v) is 10.2. The monoisotopic (exact) mass is 434 g/mol. The van der Waals surface area contributed by atoms with Crippen molar-refractivity contribution in [2.24, 2.45) is 0 Å². The molecular formula is C19H12Cl2N2O4S. The Bertz CT molecular complexity index is 1200. The number of hydrogen-bond acceptors (Lipinski definition) is 6. The molecule has 0 bridgehead atoms. The molecule has 0 radical (unpaired) electrons. The highest BCUT2D eigenvalue weighted by molar-refractivity contribution is 7.91. The van der Waals surface area contributed by atoms with Gasteiger partial charge in [-0.25, -0.2) is 0 Å². The summed E-state index contributed by atoms with van der Waals surface area (Å²) in [6, 6.07) is 8.08. The van der Waals surface area contributed by atoms with Gasteiger partial charge in [0.1, 0.15) is 17.1 Å². The van der Waals surface area contributed by atoms with E-state index in [1.54, 1.807) is 42.5 Å². The smallest absolute Gasteiger partial charge is 0.253 e. The summed E-state index contributed by atoms with van der Waals surface area (Å²) < 4.78 is 12.2. The van der Waals surface area contributed by atoms with Crippen molar-refractivity contribution >= 4 is 63.2 Å². The van der Waals surface area contributed by atoms with Crippen LogP contribution >= 0.6 is 23.2 Å². The van der Waals surface area contributed by atoms with Gasteiger partial charge in [-0.3, -0.25) is 9.59 Å². The van der Waals surface area contributed by atoms with Crippen LogP contribution in [0.5, 0.6) is 5.75 Å². The molecule has 6 nitrogen and oxygen atoms in total. The summed E-state index contributed by atoms with van der Waals surface area (Å²) >= 11 is 10.7. The SMILES string of the molecule is O=c1c(Nc2ccc3c(c2O)[S+]([O-])CC=C3)c(Nc2cccc(Cl)c2Cl)c1=O. The summed E-state index contributed by atoms with van der Waals surface area (Å²) in [6.07, 6.45) is 3.53. The highest BCUT2D eigenvalue weighted by Gasteiger charge is 2.27. The van der Waals surface area contributed by atoms with Crippen molar-refractivity contribution in [3.63, 3.8) is 0 Å². The Balaban J connectivity index is 1.69. The maximum Gasteiger partial charge on any atom is 0.253 e. The van der Waals surface area contributed by atoms with E-state index in [9.17, 15) is 19.2 Å². The van der Waals surface area contributed by atoms with Gasteiger partial charge >= 0.3 is 0 Å². The van der Waals surface area contributed by atoms with Crippen LogP contribution in [0.25, 0.3) is 6.08 Å². The highest BCUT2D eigenvalue weighted by atomic mass is 35.5. The minimum absolute atomic E-state index is 0.00676. The number of benzene rings is 2. The van der Waals surface area contributed by atoms with E-state index in [0.29, 0.717) is 26.9 Å². The molecule has 3 N–H and O–H groups in total. The molecule has 0 saturated heterocycles. The average Bonchev–Trinajstić information content (AvgIpc) is 2.69. The fraction of sp³-hybridized carbons (Fsp3) is 0.0526. The number of halogens is 2. The third-order valence-corrected chi connectivity index (χ3v) is 6.51. The first-order valence-electron chi connectivity index (χ1n) is 8.10. The normalized spacial score (nSPS) is 15.5. The van der Waals surface area contributed by atoms with Crippen molar-refractivity contribution in [1.82, 2.24) is 0 Å². The maximum atomic E-state index is 12.2. The van der Waals surface area contributed by atoms with Gasteiger partial charge in [0.15, 0.2) is 5.75 Å². The number of phenolic OH excluding ortho intramolecular Hbond substituents is 1. The van der Waals surface area contributed by atoms with E-state index in [-0.39, 0.29) is 27.8 Å². The Morgan fingerprint density at radius 1 is 1.00 bits per heavy atom. The lowest BCUT2D eigenvalue weighted by Crippen LogP contribution is -2.35. The van der Waals surface area contributed by atoms with Crippen molar-refractivity contribution < 1.29 is 9.66 Å². The van der Waals surface area contributed by atoms with E-state index >= 15 is 0 Å². The molecule has 0 aliphatic carbocycles. The van der Waals surface area contributed by atoms with Crippen LogP contribution < -0.4 is 21.5 Å². The summed E-state index contributed by atoms with van der Waals surface area (Å²) in [5, 5.41) is 16.6. The molecule has 1 heterocycles. The predicted octanol–water partition coefficient (Wildman–Crippen LogP) is 3.92. The number of aromatic hydroxyl groups is 1. The van der Waals surface area contributed by atoms with Crippen molar-refractivity contribution in [2.45, 2.75) is 4.90 Å². The third-order valence-electron chi connectivity index (χ3n) is 4.32. The standard InChI is InChI=1S/C19H12Cl2N2O4S/c20-10-4-1-5-11(13(10)21)22-14-15(18(26)17(14)25)23-12-7-6-9-3-2-8-28(27)19(9)16(12)24/h1-7,22-24H,8H2. The molecule has 9 heteroatoms. The number of rotatable bonds is 4. The number of anilines is 4. The van der Waals surface area contributed by atoms with Crippen molar-refractivity contribution in [2.75, 3.05) is 16.4 Å². The van der Waals surface area contributed by atoms with E-state index in [2.05, 4.69) is 10.6 Å². The Hall–Kier alpha value is -2.45. The van der Waals surface area contributed by atoms with Crippen LogP contribution in [0.15, 0.2) is 50.9 Å². The Morgan fingerprint density at radius 2 is 1.68 bits per heavy atom. The van der Waals surface area contributed by atoms with Crippen molar-refractivity contribution in [3.8, 4) is 5.75 Å². The van der Waals surface area contributed by atoms with Crippen LogP contribution in [-0.4, -0.2) is 15.4 Å². The van der Waals surface area contributed by atoms with Gasteiger partial charge < -0.3 is 20.3 Å². The molecule has 1 aliphatic heterocycles. The summed E-state index contributed by atoms with van der Waals surface area (Å²) in [5.41, 5.74) is -0.288. The lowest BCUT2D eigenvalue weighted by atomic mass is 10.1. The van der Waals surface area contributed by atoms with Crippen molar-refractivity contribution in [3.05, 3.63) is 72.5 Å². The number of phenols is 1. The predicted molar refractivity (Wildman–Crippen MR) is 113 cm³/mol. The maximum absolute atomic E-state index is 12.2. The molecule has 0 spiro atoms. The minimum atomic E-state index is -1.39. The quantitative estimate of drug-likeness (QED) is 0.326. The molecular weight excluding hydrogens is 423 g/mol. The molecule has 3 aromatic carbocycles. The van der Waals surface area contributed by atoms with Crippen LogP contribution in [0.3, 0.4) is 0 Å². The zero-order valence-corrected chi connectivity index (χ0v) is 16.4. The molecule has 1 atom stereocenters. The van der Waals surface area contributed by atoms with Gasteiger partial charge in [-0.2, -0.15) is 0 Å². The zero-order valence-electron chi connectivity index (χ0n) is 14.1. The second-order valence-corrected chi connectivity index (χ2v) is 8.27. The zero-order chi connectivity index (χ0) is 20.0. The Labute approximate surface area is 172 Å². The fourth-order valence-corrected chi connectivity index (χ4v) is 4.41. The number of fused-ring (bicyclic) bond motifs is 1. The van der Waals surface area contributed by atoms with Gasteiger partial charge in [0.25, 0.3) is 10.9 Å². The summed E-state index contributed by atoms with van der Waals surface area (Å²) in [4.78, 5) is 24.4. The van der Waals surface area contributed by atoms with Gasteiger partial charge in [0.2, 0.25) is 4.90 Å². The summed E-state index contributed by atoms with van der Waals surface area (Å²) in [6.45, 7) is 0. The fourth-order valence-electron chi connectivity index (χ4n) is 2.90. The molecule has 0 fully saturated rings. The first kappa shape index (κ1) is 18.9. The molecule has 0 saturated carbocycles. The lowest BCUT2D eigenvalue weighted by molar-refractivity contribution is 0.461. The average molecular weight is 435 g/mol. The van der Waals surface area contributed by atoms with Gasteiger partial charge in [-0.05, 0) is 47.6 Å². The largest absolute Gasteiger partial charge is 0.611 e. The third kappa shape index (κ3) is 3.06. The van der Waals surface area contributed by atoms with Gasteiger partial charge in [-0.1, -0.05) is 29.3 Å². The lowest BCUT2D eigenvalue weighted by Gasteiger charge is -2.20. The summed E-state index contributed by atoms with van der Waals surface area (Å²) in [5.74, 6) is 0.0736. The van der Waals surface area contributed by atoms with E-state index in [1.165, 1.54) is 0 Å². The van der Waals surface area contributed by atoms with E-state index in [4.69, 9.17) is 23.2 Å². The van der Waals surface area contributed by atoms with Crippen LogP contribution in [-0.2, 0) is 11.2 Å². The molecule has 3 aromatic rings. The van der Waals surface area contributed by atoms with E-state index in [1.807, 2.05) is 0 Å². The molecule has 0 aromatic heterocycles. The second kappa shape index (κ2) is 7.18. The van der Waals surface area contributed by atoms with Gasteiger partial charge in [-0.15, -0.1) is 0 Å². The molecule has 142 valence electrons. The minimum Gasteiger partial charge on any atom is -0.611 e. The topological polar surface area (TPSA) is 101 Å². The van der Waals surface area contributed by atoms with Crippen molar-refractivity contribution in [1.29, 1.82) is 0 Å². The van der Waals surface area contributed by atoms with Crippen LogP contribution in [0.2, 0.25) is 10.0 Å². The van der Waals surface area contributed by atoms with Crippen LogP contribution in [0.1, 0.15) is 5.56 Å². The first-order chi connectivity index (χ1) is 13.4. The Morgan fingerprint density at radius 3 is 2.39 bits per heavy atom. The van der Waals surface area contributed by atoms with Crippen LogP contribution in [0, 0.1) is 0 Å². The Kier molecular flexibility index (Phi) is 4.84.